The number of nitrogens with one attached hydrogen (secondary N) is 1. The van der Waals surface area contributed by atoms with E-state index in [4.69, 9.17) is 16.3 Å². The molecule has 1 aliphatic heterocycles. The van der Waals surface area contributed by atoms with Crippen LogP contribution in [0.1, 0.15) is 40.2 Å². The molecule has 1 aromatic carbocycles. The lowest BCUT2D eigenvalue weighted by Gasteiger charge is -2.12. The molecular weight excluding hydrogens is 368 g/mol. The highest BCUT2D eigenvalue weighted by atomic mass is 35.5. The van der Waals surface area contributed by atoms with Gasteiger partial charge in [-0.3, -0.25) is 9.59 Å². The van der Waals surface area contributed by atoms with Crippen LogP contribution in [0.5, 0.6) is 0 Å². The number of rotatable bonds is 6. The fourth-order valence-electron chi connectivity index (χ4n) is 3.23. The van der Waals surface area contributed by atoms with Gasteiger partial charge in [0, 0.05) is 34.9 Å². The maximum absolute atomic E-state index is 12.5. The molecule has 0 spiro atoms. The molecule has 0 radical (unpaired) electrons. The highest BCUT2D eigenvalue weighted by Crippen LogP contribution is 2.22. The first-order valence-electron chi connectivity index (χ1n) is 8.76. The Labute approximate surface area is 162 Å². The van der Waals surface area contributed by atoms with Crippen molar-refractivity contribution in [3.05, 3.63) is 57.9 Å². The second-order valence-corrected chi connectivity index (χ2v) is 7.06. The van der Waals surface area contributed by atoms with Crippen molar-refractivity contribution in [3.8, 4) is 0 Å². The van der Waals surface area contributed by atoms with Crippen LogP contribution in [-0.2, 0) is 20.9 Å². The minimum absolute atomic E-state index is 0.175. The highest BCUT2D eigenvalue weighted by Gasteiger charge is 2.29. The number of esters is 1. The second-order valence-electron chi connectivity index (χ2n) is 6.65. The molecule has 0 unspecified atom stereocenters. The minimum Gasteiger partial charge on any atom is -0.456 e. The summed E-state index contributed by atoms with van der Waals surface area (Å²) in [6.07, 6.45) is 0.703. The number of carbonyl (C=O) groups is 3. The van der Waals surface area contributed by atoms with Crippen LogP contribution >= 0.6 is 11.6 Å². The zero-order valence-corrected chi connectivity index (χ0v) is 16.0. The van der Waals surface area contributed by atoms with E-state index in [-0.39, 0.29) is 18.3 Å². The van der Waals surface area contributed by atoms with E-state index in [1.54, 1.807) is 6.07 Å². The van der Waals surface area contributed by atoms with Crippen molar-refractivity contribution in [3.63, 3.8) is 0 Å². The fourth-order valence-corrected chi connectivity index (χ4v) is 3.43. The predicted octanol–water partition coefficient (Wildman–Crippen LogP) is 2.81. The molecule has 1 N–H and O–H groups in total. The Bertz CT molecular complexity index is 903. The molecule has 1 atom stereocenters. The first-order valence-corrected chi connectivity index (χ1v) is 9.14. The Morgan fingerprint density at radius 3 is 2.70 bits per heavy atom. The molecule has 27 heavy (non-hydrogen) atoms. The SMILES string of the molecule is Cc1cc(C(=O)COC(=O)[C@@H]2CCC(=O)N2)c(C)n1Cc1ccccc1Cl. The average molecular weight is 389 g/mol. The van der Waals surface area contributed by atoms with Crippen LogP contribution in [0, 0.1) is 13.8 Å². The molecule has 142 valence electrons. The van der Waals surface area contributed by atoms with Gasteiger partial charge in [-0.1, -0.05) is 29.8 Å². The number of hydrogen-bond donors (Lipinski definition) is 1. The quantitative estimate of drug-likeness (QED) is 0.609. The van der Waals surface area contributed by atoms with Gasteiger partial charge in [-0.05, 0) is 38.0 Å². The third-order valence-electron chi connectivity index (χ3n) is 4.79. The summed E-state index contributed by atoms with van der Waals surface area (Å²) < 4.78 is 7.11. The van der Waals surface area contributed by atoms with Gasteiger partial charge in [0.25, 0.3) is 0 Å². The standard InChI is InChI=1S/C20H21ClN2O4/c1-12-9-15(13(2)23(12)10-14-5-3-4-6-16(14)21)18(24)11-27-20(26)17-7-8-19(25)22-17/h3-6,9,17H,7-8,10-11H2,1-2H3,(H,22,25)/t17-/m0/s1. The molecule has 1 aromatic heterocycles. The Balaban J connectivity index is 1.68. The molecule has 2 heterocycles. The Kier molecular flexibility index (Phi) is 5.65. The molecule has 1 fully saturated rings. The molecule has 0 saturated carbocycles. The smallest absolute Gasteiger partial charge is 0.329 e. The van der Waals surface area contributed by atoms with Crippen LogP contribution < -0.4 is 5.32 Å². The summed E-state index contributed by atoms with van der Waals surface area (Å²) in [7, 11) is 0. The maximum atomic E-state index is 12.5. The fraction of sp³-hybridized carbons (Fsp3) is 0.350. The van der Waals surface area contributed by atoms with Gasteiger partial charge in [0.15, 0.2) is 6.61 Å². The monoisotopic (exact) mass is 388 g/mol. The lowest BCUT2D eigenvalue weighted by Crippen LogP contribution is -2.35. The Morgan fingerprint density at radius 2 is 2.04 bits per heavy atom. The molecule has 7 heteroatoms. The zero-order valence-electron chi connectivity index (χ0n) is 15.3. The number of ketones is 1. The number of carbonyl (C=O) groups excluding carboxylic acids is 3. The zero-order chi connectivity index (χ0) is 19.6. The number of halogens is 1. The number of aromatic nitrogens is 1. The Morgan fingerprint density at radius 1 is 1.30 bits per heavy atom. The van der Waals surface area contributed by atoms with Crippen molar-refractivity contribution < 1.29 is 19.1 Å². The normalized spacial score (nSPS) is 16.3. The van der Waals surface area contributed by atoms with E-state index in [0.717, 1.165) is 17.0 Å². The lowest BCUT2D eigenvalue weighted by molar-refractivity contribution is -0.145. The van der Waals surface area contributed by atoms with Gasteiger partial charge in [-0.15, -0.1) is 0 Å². The van der Waals surface area contributed by atoms with E-state index in [1.165, 1.54) is 0 Å². The third-order valence-corrected chi connectivity index (χ3v) is 5.15. The van der Waals surface area contributed by atoms with E-state index in [0.29, 0.717) is 30.0 Å². The molecule has 3 rings (SSSR count). The number of ether oxygens (including phenoxy) is 1. The number of amides is 1. The summed E-state index contributed by atoms with van der Waals surface area (Å²) in [5.41, 5.74) is 3.19. The largest absolute Gasteiger partial charge is 0.456 e. The second kappa shape index (κ2) is 7.96. The first-order chi connectivity index (χ1) is 12.9. The van der Waals surface area contributed by atoms with Gasteiger partial charge in [-0.25, -0.2) is 4.79 Å². The van der Waals surface area contributed by atoms with Crippen LogP contribution in [0.2, 0.25) is 5.02 Å². The van der Waals surface area contributed by atoms with Gasteiger partial charge in [0.1, 0.15) is 6.04 Å². The van der Waals surface area contributed by atoms with E-state index >= 15 is 0 Å². The first kappa shape index (κ1) is 19.2. The highest BCUT2D eigenvalue weighted by molar-refractivity contribution is 6.31. The summed E-state index contributed by atoms with van der Waals surface area (Å²) >= 11 is 6.24. The molecular formula is C20H21ClN2O4. The number of hydrogen-bond acceptors (Lipinski definition) is 4. The van der Waals surface area contributed by atoms with Crippen LogP contribution in [0.3, 0.4) is 0 Å². The number of benzene rings is 1. The van der Waals surface area contributed by atoms with E-state index in [2.05, 4.69) is 5.32 Å². The van der Waals surface area contributed by atoms with Crippen molar-refractivity contribution >= 4 is 29.3 Å². The van der Waals surface area contributed by atoms with Crippen molar-refractivity contribution in [2.75, 3.05) is 6.61 Å². The number of nitrogens with zero attached hydrogens (tertiary/aromatic N) is 1. The molecule has 0 aliphatic carbocycles. The topological polar surface area (TPSA) is 77.4 Å². The van der Waals surface area contributed by atoms with Crippen molar-refractivity contribution in [1.82, 2.24) is 9.88 Å². The summed E-state index contributed by atoms with van der Waals surface area (Å²) in [5.74, 6) is -1.02. The van der Waals surface area contributed by atoms with Gasteiger partial charge >= 0.3 is 5.97 Å². The van der Waals surface area contributed by atoms with Gasteiger partial charge in [0.2, 0.25) is 11.7 Å². The Hall–Kier alpha value is -2.60. The molecule has 2 aromatic rings. The summed E-state index contributed by atoms with van der Waals surface area (Å²) in [4.78, 5) is 35.7. The third kappa shape index (κ3) is 4.22. The van der Waals surface area contributed by atoms with E-state index in [9.17, 15) is 14.4 Å². The molecule has 1 saturated heterocycles. The molecule has 0 bridgehead atoms. The average Bonchev–Trinajstić information content (AvgIpc) is 3.19. The molecule has 6 nitrogen and oxygen atoms in total. The van der Waals surface area contributed by atoms with Gasteiger partial charge < -0.3 is 14.6 Å². The van der Waals surface area contributed by atoms with Gasteiger partial charge in [-0.2, -0.15) is 0 Å². The van der Waals surface area contributed by atoms with Crippen LogP contribution in [0.15, 0.2) is 30.3 Å². The summed E-state index contributed by atoms with van der Waals surface area (Å²) in [6.45, 7) is 3.98. The van der Waals surface area contributed by atoms with E-state index < -0.39 is 12.0 Å². The van der Waals surface area contributed by atoms with Crippen molar-refractivity contribution in [2.24, 2.45) is 0 Å². The number of Topliss-reactive ketones (excluding diaryl/α,β-unsaturated/α-hetero) is 1. The number of aryl methyl sites for hydroxylation is 1. The molecule has 1 aliphatic rings. The summed E-state index contributed by atoms with van der Waals surface area (Å²) in [6, 6.07) is 8.70. The molecule has 1 amide bonds. The van der Waals surface area contributed by atoms with Crippen LogP contribution in [0.4, 0.5) is 0 Å². The van der Waals surface area contributed by atoms with Crippen LogP contribution in [-0.4, -0.2) is 34.9 Å². The van der Waals surface area contributed by atoms with Gasteiger partial charge in [0.05, 0.1) is 0 Å². The predicted molar refractivity (Wildman–Crippen MR) is 101 cm³/mol. The van der Waals surface area contributed by atoms with Crippen molar-refractivity contribution in [1.29, 1.82) is 0 Å². The van der Waals surface area contributed by atoms with E-state index in [1.807, 2.05) is 42.7 Å². The lowest BCUT2D eigenvalue weighted by atomic mass is 10.1. The minimum atomic E-state index is -0.655. The summed E-state index contributed by atoms with van der Waals surface area (Å²) in [5, 5.41) is 3.20. The maximum Gasteiger partial charge on any atom is 0.329 e. The van der Waals surface area contributed by atoms with Crippen LogP contribution in [0.25, 0.3) is 0 Å². The van der Waals surface area contributed by atoms with Crippen molar-refractivity contribution in [2.45, 2.75) is 39.3 Å².